The van der Waals surface area contributed by atoms with Crippen LogP contribution < -0.4 is 5.56 Å². The first-order valence-corrected chi connectivity index (χ1v) is 6.43. The first-order chi connectivity index (χ1) is 9.62. The van der Waals surface area contributed by atoms with Crippen molar-refractivity contribution in [2.45, 2.75) is 6.18 Å². The molecule has 0 aliphatic rings. The normalized spacial score (nSPS) is 11.7. The van der Waals surface area contributed by atoms with Crippen molar-refractivity contribution in [2.75, 3.05) is 0 Å². The zero-order valence-corrected chi connectivity index (χ0v) is 12.1. The molecular formula is C12H5Cl3F3NO2. The van der Waals surface area contributed by atoms with Gasteiger partial charge in [-0.15, -0.1) is 0 Å². The third kappa shape index (κ3) is 2.97. The monoisotopic (exact) mass is 357 g/mol. The van der Waals surface area contributed by atoms with E-state index in [9.17, 15) is 23.1 Å². The quantitative estimate of drug-likeness (QED) is 0.724. The molecule has 2 aromatic rings. The summed E-state index contributed by atoms with van der Waals surface area (Å²) in [4.78, 5) is 13.5. The Morgan fingerprint density at radius 2 is 1.62 bits per heavy atom. The molecule has 1 aromatic heterocycles. The highest BCUT2D eigenvalue weighted by Crippen LogP contribution is 2.41. The molecule has 0 fully saturated rings. The molecular weight excluding hydrogens is 353 g/mol. The van der Waals surface area contributed by atoms with Crippen LogP contribution in [0.3, 0.4) is 0 Å². The predicted octanol–water partition coefficient (Wildman–Crippen LogP) is 4.73. The van der Waals surface area contributed by atoms with Crippen LogP contribution in [0.5, 0.6) is 5.75 Å². The maximum absolute atomic E-state index is 12.6. The van der Waals surface area contributed by atoms with E-state index in [1.165, 1.54) is 12.1 Å². The number of aromatic hydroxyl groups is 1. The van der Waals surface area contributed by atoms with Gasteiger partial charge in [0.05, 0.1) is 20.6 Å². The number of hydrogen-bond acceptors (Lipinski definition) is 2. The summed E-state index contributed by atoms with van der Waals surface area (Å²) in [5.74, 6) is -0.905. The molecule has 2 N–H and O–H groups in total. The smallest absolute Gasteiger partial charge is 0.431 e. The largest absolute Gasteiger partial charge is 0.507 e. The summed E-state index contributed by atoms with van der Waals surface area (Å²) in [7, 11) is 0. The lowest BCUT2D eigenvalue weighted by Gasteiger charge is -2.12. The molecule has 0 atom stereocenters. The van der Waals surface area contributed by atoms with Crippen LogP contribution in [0.15, 0.2) is 23.0 Å². The minimum atomic E-state index is -4.81. The summed E-state index contributed by atoms with van der Waals surface area (Å²) >= 11 is 17.6. The molecule has 0 radical (unpaired) electrons. The van der Waals surface area contributed by atoms with E-state index in [1.807, 2.05) is 0 Å². The SMILES string of the molecule is O=c1[nH]c(C(F)(F)F)cc(O)c1-c1c(Cl)ccc(Cl)c1Cl. The number of hydrogen-bond donors (Lipinski definition) is 2. The van der Waals surface area contributed by atoms with Crippen molar-refractivity contribution in [3.05, 3.63) is 49.3 Å². The second-order valence-corrected chi connectivity index (χ2v) is 5.18. The second-order valence-electron chi connectivity index (χ2n) is 3.99. The molecule has 0 aliphatic heterocycles. The number of benzene rings is 1. The van der Waals surface area contributed by atoms with Gasteiger partial charge < -0.3 is 10.1 Å². The predicted molar refractivity (Wildman–Crippen MR) is 74.2 cm³/mol. The summed E-state index contributed by atoms with van der Waals surface area (Å²) in [5, 5.41) is 9.60. The Hall–Kier alpha value is -1.37. The molecule has 0 saturated carbocycles. The fourth-order valence-corrected chi connectivity index (χ4v) is 2.41. The Morgan fingerprint density at radius 1 is 1.05 bits per heavy atom. The highest BCUT2D eigenvalue weighted by Gasteiger charge is 2.33. The lowest BCUT2D eigenvalue weighted by Crippen LogP contribution is -2.18. The second kappa shape index (κ2) is 5.44. The van der Waals surface area contributed by atoms with Crippen LogP contribution in [0.2, 0.25) is 15.1 Å². The van der Waals surface area contributed by atoms with Gasteiger partial charge in [-0.2, -0.15) is 13.2 Å². The van der Waals surface area contributed by atoms with Crippen LogP contribution in [-0.2, 0) is 6.18 Å². The molecule has 2 rings (SSSR count). The van der Waals surface area contributed by atoms with Crippen molar-refractivity contribution in [2.24, 2.45) is 0 Å². The fourth-order valence-electron chi connectivity index (χ4n) is 1.70. The molecule has 9 heteroatoms. The van der Waals surface area contributed by atoms with E-state index in [0.717, 1.165) is 0 Å². The van der Waals surface area contributed by atoms with Gasteiger partial charge in [0.1, 0.15) is 11.4 Å². The number of rotatable bonds is 1. The number of aromatic amines is 1. The van der Waals surface area contributed by atoms with Crippen molar-refractivity contribution < 1.29 is 18.3 Å². The number of aromatic nitrogens is 1. The summed E-state index contributed by atoms with van der Waals surface area (Å²) < 4.78 is 37.7. The molecule has 21 heavy (non-hydrogen) atoms. The summed E-state index contributed by atoms with van der Waals surface area (Å²) in [5.41, 5.74) is -3.20. The molecule has 0 unspecified atom stereocenters. The Bertz CT molecular complexity index is 772. The van der Waals surface area contributed by atoms with Gasteiger partial charge in [-0.1, -0.05) is 34.8 Å². The van der Waals surface area contributed by atoms with E-state index in [0.29, 0.717) is 6.07 Å². The zero-order valence-electron chi connectivity index (χ0n) is 9.86. The molecule has 1 heterocycles. The Kier molecular flexibility index (Phi) is 4.15. The van der Waals surface area contributed by atoms with Crippen molar-refractivity contribution in [1.82, 2.24) is 4.98 Å². The molecule has 0 bridgehead atoms. The molecule has 0 aliphatic carbocycles. The zero-order chi connectivity index (χ0) is 15.9. The molecule has 0 amide bonds. The number of alkyl halides is 3. The maximum atomic E-state index is 12.6. The number of pyridine rings is 1. The van der Waals surface area contributed by atoms with E-state index < -0.39 is 28.7 Å². The van der Waals surface area contributed by atoms with E-state index in [4.69, 9.17) is 34.8 Å². The van der Waals surface area contributed by atoms with E-state index in [1.54, 1.807) is 4.98 Å². The van der Waals surface area contributed by atoms with E-state index >= 15 is 0 Å². The van der Waals surface area contributed by atoms with Gasteiger partial charge in [0.25, 0.3) is 5.56 Å². The first-order valence-electron chi connectivity index (χ1n) is 5.30. The highest BCUT2D eigenvalue weighted by molar-refractivity contribution is 6.46. The van der Waals surface area contributed by atoms with Gasteiger partial charge in [-0.3, -0.25) is 4.79 Å². The minimum Gasteiger partial charge on any atom is -0.507 e. The topological polar surface area (TPSA) is 53.1 Å². The van der Waals surface area contributed by atoms with Crippen molar-refractivity contribution >= 4 is 34.8 Å². The average molecular weight is 359 g/mol. The number of nitrogens with one attached hydrogen (secondary N) is 1. The fraction of sp³-hybridized carbons (Fsp3) is 0.0833. The van der Waals surface area contributed by atoms with Crippen LogP contribution in [0.1, 0.15) is 5.69 Å². The molecule has 112 valence electrons. The summed E-state index contributed by atoms with van der Waals surface area (Å²) in [6.45, 7) is 0. The van der Waals surface area contributed by atoms with Crippen molar-refractivity contribution in [3.8, 4) is 16.9 Å². The Morgan fingerprint density at radius 3 is 2.14 bits per heavy atom. The van der Waals surface area contributed by atoms with Crippen LogP contribution in [0.25, 0.3) is 11.1 Å². The summed E-state index contributed by atoms with van der Waals surface area (Å²) in [6.07, 6.45) is -4.81. The van der Waals surface area contributed by atoms with Crippen LogP contribution in [0.4, 0.5) is 13.2 Å². The molecule has 0 spiro atoms. The van der Waals surface area contributed by atoms with Gasteiger partial charge in [0.2, 0.25) is 0 Å². The minimum absolute atomic E-state index is 0.0368. The van der Waals surface area contributed by atoms with Crippen molar-refractivity contribution in [3.63, 3.8) is 0 Å². The van der Waals surface area contributed by atoms with E-state index in [-0.39, 0.29) is 20.6 Å². The lowest BCUT2D eigenvalue weighted by molar-refractivity contribution is -0.141. The number of H-pyrrole nitrogens is 1. The van der Waals surface area contributed by atoms with Crippen molar-refractivity contribution in [1.29, 1.82) is 0 Å². The molecule has 0 saturated heterocycles. The first kappa shape index (κ1) is 16.0. The third-order valence-electron chi connectivity index (χ3n) is 2.61. The van der Waals surface area contributed by atoms with Gasteiger partial charge in [0, 0.05) is 11.6 Å². The van der Waals surface area contributed by atoms with E-state index in [2.05, 4.69) is 0 Å². The summed E-state index contributed by atoms with van der Waals surface area (Å²) in [6, 6.07) is 3.04. The molecule has 3 nitrogen and oxygen atoms in total. The lowest BCUT2D eigenvalue weighted by atomic mass is 10.1. The average Bonchev–Trinajstić information content (AvgIpc) is 2.36. The number of halogens is 6. The van der Waals surface area contributed by atoms with Gasteiger partial charge in [0.15, 0.2) is 0 Å². The van der Waals surface area contributed by atoms with Gasteiger partial charge >= 0.3 is 6.18 Å². The maximum Gasteiger partial charge on any atom is 0.431 e. The molecule has 1 aromatic carbocycles. The highest BCUT2D eigenvalue weighted by atomic mass is 35.5. The third-order valence-corrected chi connectivity index (χ3v) is 3.73. The van der Waals surface area contributed by atoms with Crippen LogP contribution in [-0.4, -0.2) is 10.1 Å². The van der Waals surface area contributed by atoms with Crippen LogP contribution >= 0.6 is 34.8 Å². The Balaban J connectivity index is 2.79. The van der Waals surface area contributed by atoms with Gasteiger partial charge in [-0.05, 0) is 12.1 Å². The standard InChI is InChI=1S/C12H5Cl3F3NO2/c13-4-1-2-5(14)10(15)8(4)9-6(20)3-7(12(16,17)18)19-11(9)21/h1-3H,(H2,19,20,21). The van der Waals surface area contributed by atoms with Gasteiger partial charge in [-0.25, -0.2) is 0 Å². The Labute approximate surface area is 130 Å². The van der Waals surface area contributed by atoms with Crippen LogP contribution in [0, 0.1) is 0 Å².